The zero-order valence-electron chi connectivity index (χ0n) is 17.4. The van der Waals surface area contributed by atoms with Crippen LogP contribution in [0.1, 0.15) is 43.4 Å². The SMILES string of the molecule is CC(=O)N(CC1CN(Cc2cccc(F)c2)CC1c1ccccc1C)C(C)C. The molecule has 0 radical (unpaired) electrons. The third-order valence-corrected chi connectivity index (χ3v) is 5.86. The van der Waals surface area contributed by atoms with Crippen LogP contribution in [0, 0.1) is 18.7 Å². The smallest absolute Gasteiger partial charge is 0.219 e. The van der Waals surface area contributed by atoms with Gasteiger partial charge in [-0.25, -0.2) is 4.39 Å². The molecular formula is C24H31FN2O. The van der Waals surface area contributed by atoms with E-state index in [4.69, 9.17) is 0 Å². The molecule has 4 heteroatoms. The van der Waals surface area contributed by atoms with E-state index in [1.807, 2.05) is 11.0 Å². The summed E-state index contributed by atoms with van der Waals surface area (Å²) in [5.41, 5.74) is 3.65. The minimum atomic E-state index is -0.189. The molecule has 150 valence electrons. The van der Waals surface area contributed by atoms with Gasteiger partial charge in [0.15, 0.2) is 0 Å². The molecule has 1 saturated heterocycles. The van der Waals surface area contributed by atoms with Crippen molar-refractivity contribution in [2.45, 2.75) is 46.2 Å². The third-order valence-electron chi connectivity index (χ3n) is 5.86. The number of likely N-dealkylation sites (tertiary alicyclic amines) is 1. The summed E-state index contributed by atoms with van der Waals surface area (Å²) in [7, 11) is 0. The van der Waals surface area contributed by atoms with Gasteiger partial charge in [-0.05, 0) is 55.5 Å². The van der Waals surface area contributed by atoms with E-state index in [0.717, 1.165) is 31.7 Å². The Morgan fingerprint density at radius 1 is 1.18 bits per heavy atom. The van der Waals surface area contributed by atoms with Crippen molar-refractivity contribution in [1.82, 2.24) is 9.80 Å². The van der Waals surface area contributed by atoms with E-state index >= 15 is 0 Å². The Morgan fingerprint density at radius 2 is 1.93 bits per heavy atom. The zero-order valence-corrected chi connectivity index (χ0v) is 17.4. The first kappa shape index (κ1) is 20.5. The van der Waals surface area contributed by atoms with Crippen LogP contribution in [-0.4, -0.2) is 41.4 Å². The molecule has 1 fully saturated rings. The predicted molar refractivity (Wildman–Crippen MR) is 112 cm³/mol. The fraction of sp³-hybridized carbons (Fsp3) is 0.458. The van der Waals surface area contributed by atoms with Crippen molar-refractivity contribution in [3.63, 3.8) is 0 Å². The Hall–Kier alpha value is -2.20. The number of nitrogens with zero attached hydrogens (tertiary/aromatic N) is 2. The number of amides is 1. The lowest BCUT2D eigenvalue weighted by Gasteiger charge is -2.31. The van der Waals surface area contributed by atoms with Crippen molar-refractivity contribution < 1.29 is 9.18 Å². The van der Waals surface area contributed by atoms with Crippen molar-refractivity contribution in [3.05, 3.63) is 71.0 Å². The topological polar surface area (TPSA) is 23.6 Å². The molecule has 2 atom stereocenters. The molecule has 3 rings (SSSR count). The van der Waals surface area contributed by atoms with Crippen molar-refractivity contribution in [3.8, 4) is 0 Å². The lowest BCUT2D eigenvalue weighted by molar-refractivity contribution is -0.131. The number of hydrogen-bond acceptors (Lipinski definition) is 2. The van der Waals surface area contributed by atoms with Gasteiger partial charge in [0, 0.05) is 45.1 Å². The van der Waals surface area contributed by atoms with Crippen molar-refractivity contribution in [2.24, 2.45) is 5.92 Å². The highest BCUT2D eigenvalue weighted by Crippen LogP contribution is 2.36. The quantitative estimate of drug-likeness (QED) is 0.729. The highest BCUT2D eigenvalue weighted by molar-refractivity contribution is 5.73. The van der Waals surface area contributed by atoms with Gasteiger partial charge >= 0.3 is 0 Å². The highest BCUT2D eigenvalue weighted by atomic mass is 19.1. The van der Waals surface area contributed by atoms with E-state index in [1.54, 1.807) is 19.1 Å². The Balaban J connectivity index is 1.83. The second-order valence-electron chi connectivity index (χ2n) is 8.31. The lowest BCUT2D eigenvalue weighted by atomic mass is 9.86. The minimum Gasteiger partial charge on any atom is -0.340 e. The summed E-state index contributed by atoms with van der Waals surface area (Å²) in [6.45, 7) is 11.3. The molecule has 1 aliphatic rings. The molecule has 0 bridgehead atoms. The molecule has 1 amide bonds. The van der Waals surface area contributed by atoms with Gasteiger partial charge in [0.2, 0.25) is 5.91 Å². The molecule has 0 saturated carbocycles. The molecule has 0 aliphatic carbocycles. The average molecular weight is 383 g/mol. The molecule has 0 spiro atoms. The standard InChI is InChI=1S/C24H31FN2O/c1-17(2)27(19(4)28)15-21-14-26(13-20-9-7-10-22(25)12-20)16-24(21)23-11-6-5-8-18(23)3/h5-12,17,21,24H,13-16H2,1-4H3. The van der Waals surface area contributed by atoms with Gasteiger partial charge in [0.1, 0.15) is 5.82 Å². The summed E-state index contributed by atoms with van der Waals surface area (Å²) in [4.78, 5) is 16.5. The summed E-state index contributed by atoms with van der Waals surface area (Å²) < 4.78 is 13.6. The summed E-state index contributed by atoms with van der Waals surface area (Å²) in [6, 6.07) is 15.6. The van der Waals surface area contributed by atoms with E-state index in [0.29, 0.717) is 11.8 Å². The fourth-order valence-corrected chi connectivity index (χ4v) is 4.48. The Bertz CT molecular complexity index is 820. The van der Waals surface area contributed by atoms with Gasteiger partial charge in [0.05, 0.1) is 0 Å². The van der Waals surface area contributed by atoms with Crippen LogP contribution in [0.2, 0.25) is 0 Å². The molecule has 28 heavy (non-hydrogen) atoms. The van der Waals surface area contributed by atoms with Gasteiger partial charge in [-0.15, -0.1) is 0 Å². The van der Waals surface area contributed by atoms with Crippen LogP contribution >= 0.6 is 0 Å². The minimum absolute atomic E-state index is 0.127. The number of rotatable bonds is 6. The number of hydrogen-bond donors (Lipinski definition) is 0. The summed E-state index contributed by atoms with van der Waals surface area (Å²) in [6.07, 6.45) is 0. The second kappa shape index (κ2) is 8.87. The van der Waals surface area contributed by atoms with Crippen LogP contribution in [-0.2, 0) is 11.3 Å². The number of carbonyl (C=O) groups excluding carboxylic acids is 1. The molecule has 0 aromatic heterocycles. The van der Waals surface area contributed by atoms with E-state index in [9.17, 15) is 9.18 Å². The maximum absolute atomic E-state index is 13.6. The normalized spacial score (nSPS) is 19.9. The van der Waals surface area contributed by atoms with Gasteiger partial charge in [-0.2, -0.15) is 0 Å². The van der Waals surface area contributed by atoms with Crippen LogP contribution in [0.15, 0.2) is 48.5 Å². The molecule has 0 N–H and O–H groups in total. The van der Waals surface area contributed by atoms with E-state index in [1.165, 1.54) is 17.2 Å². The van der Waals surface area contributed by atoms with E-state index < -0.39 is 0 Å². The first-order valence-electron chi connectivity index (χ1n) is 10.1. The van der Waals surface area contributed by atoms with Crippen LogP contribution in [0.5, 0.6) is 0 Å². The summed E-state index contributed by atoms with van der Waals surface area (Å²) in [5, 5.41) is 0. The van der Waals surface area contributed by atoms with E-state index in [2.05, 4.69) is 49.9 Å². The second-order valence-corrected chi connectivity index (χ2v) is 8.31. The van der Waals surface area contributed by atoms with E-state index in [-0.39, 0.29) is 17.8 Å². The highest BCUT2D eigenvalue weighted by Gasteiger charge is 2.36. The maximum atomic E-state index is 13.6. The number of aryl methyl sites for hydroxylation is 1. The molecule has 2 unspecified atom stereocenters. The number of carbonyl (C=O) groups is 1. The Labute approximate surface area is 168 Å². The Morgan fingerprint density at radius 3 is 2.57 bits per heavy atom. The van der Waals surface area contributed by atoms with Crippen LogP contribution < -0.4 is 0 Å². The van der Waals surface area contributed by atoms with Crippen molar-refractivity contribution >= 4 is 5.91 Å². The lowest BCUT2D eigenvalue weighted by Crippen LogP contribution is -2.40. The summed E-state index contributed by atoms with van der Waals surface area (Å²) >= 11 is 0. The van der Waals surface area contributed by atoms with Crippen molar-refractivity contribution in [2.75, 3.05) is 19.6 Å². The third kappa shape index (κ3) is 4.79. The van der Waals surface area contributed by atoms with Crippen LogP contribution in [0.3, 0.4) is 0 Å². The Kier molecular flexibility index (Phi) is 6.50. The van der Waals surface area contributed by atoms with Crippen LogP contribution in [0.4, 0.5) is 4.39 Å². The molecule has 2 aromatic rings. The fourth-order valence-electron chi connectivity index (χ4n) is 4.48. The molecular weight excluding hydrogens is 351 g/mol. The maximum Gasteiger partial charge on any atom is 0.219 e. The van der Waals surface area contributed by atoms with Gasteiger partial charge in [-0.3, -0.25) is 9.69 Å². The molecule has 1 heterocycles. The van der Waals surface area contributed by atoms with Gasteiger partial charge in [0.25, 0.3) is 0 Å². The molecule has 3 nitrogen and oxygen atoms in total. The number of benzene rings is 2. The summed E-state index contributed by atoms with van der Waals surface area (Å²) in [5.74, 6) is 0.671. The first-order chi connectivity index (χ1) is 13.3. The van der Waals surface area contributed by atoms with Crippen molar-refractivity contribution in [1.29, 1.82) is 0 Å². The van der Waals surface area contributed by atoms with Gasteiger partial charge in [-0.1, -0.05) is 36.4 Å². The average Bonchev–Trinajstić information content (AvgIpc) is 3.01. The predicted octanol–water partition coefficient (Wildman–Crippen LogP) is 4.61. The zero-order chi connectivity index (χ0) is 20.3. The molecule has 2 aromatic carbocycles. The van der Waals surface area contributed by atoms with Crippen LogP contribution in [0.25, 0.3) is 0 Å². The monoisotopic (exact) mass is 382 g/mol. The molecule has 1 aliphatic heterocycles. The largest absolute Gasteiger partial charge is 0.340 e. The van der Waals surface area contributed by atoms with Gasteiger partial charge < -0.3 is 4.90 Å². The number of halogens is 1. The first-order valence-corrected chi connectivity index (χ1v) is 10.1.